The van der Waals surface area contributed by atoms with Gasteiger partial charge in [0.05, 0.1) is 0 Å². The molecule has 0 atom stereocenters. The van der Waals surface area contributed by atoms with Crippen molar-refractivity contribution in [2.45, 2.75) is 19.9 Å². The fourth-order valence-corrected chi connectivity index (χ4v) is 1.99. The van der Waals surface area contributed by atoms with Crippen molar-refractivity contribution in [1.29, 1.82) is 0 Å². The largest absolute Gasteiger partial charge is 0.338 e. The van der Waals surface area contributed by atoms with Gasteiger partial charge in [-0.25, -0.2) is 4.79 Å². The maximum atomic E-state index is 11.9. The molecule has 1 N–H and O–H groups in total. The first kappa shape index (κ1) is 14.8. The number of pyridine rings is 1. The predicted molar refractivity (Wildman–Crippen MR) is 76.7 cm³/mol. The molecular formula is C13H21N3OS. The van der Waals surface area contributed by atoms with Gasteiger partial charge in [0.15, 0.2) is 0 Å². The van der Waals surface area contributed by atoms with E-state index in [-0.39, 0.29) is 6.03 Å². The third kappa shape index (κ3) is 5.40. The van der Waals surface area contributed by atoms with Crippen molar-refractivity contribution in [2.24, 2.45) is 0 Å². The Morgan fingerprint density at radius 3 is 2.78 bits per heavy atom. The molecule has 0 saturated heterocycles. The summed E-state index contributed by atoms with van der Waals surface area (Å²) in [4.78, 5) is 17.7. The number of nitrogens with one attached hydrogen (secondary N) is 1. The summed E-state index contributed by atoms with van der Waals surface area (Å²) in [6, 6.07) is 3.88. The zero-order chi connectivity index (χ0) is 13.2. The van der Waals surface area contributed by atoms with E-state index in [1.807, 2.05) is 19.1 Å². The van der Waals surface area contributed by atoms with Gasteiger partial charge in [0.2, 0.25) is 0 Å². The molecule has 4 nitrogen and oxygen atoms in total. The molecule has 0 unspecified atom stereocenters. The third-order valence-corrected chi connectivity index (χ3v) is 3.29. The summed E-state index contributed by atoms with van der Waals surface area (Å²) in [5.41, 5.74) is 1.10. The molecule has 0 aromatic carbocycles. The second-order valence-corrected chi connectivity index (χ2v) is 4.93. The minimum absolute atomic E-state index is 0.00964. The van der Waals surface area contributed by atoms with Crippen LogP contribution in [0.5, 0.6) is 0 Å². The minimum Gasteiger partial charge on any atom is -0.338 e. The van der Waals surface area contributed by atoms with Crippen LogP contribution in [0.3, 0.4) is 0 Å². The molecule has 1 aromatic heterocycles. The van der Waals surface area contributed by atoms with E-state index in [1.54, 1.807) is 29.1 Å². The van der Waals surface area contributed by atoms with Gasteiger partial charge in [-0.2, -0.15) is 11.8 Å². The van der Waals surface area contributed by atoms with E-state index in [0.717, 1.165) is 24.3 Å². The van der Waals surface area contributed by atoms with Crippen LogP contribution >= 0.6 is 11.8 Å². The van der Waals surface area contributed by atoms with Crippen LogP contribution in [0.25, 0.3) is 0 Å². The van der Waals surface area contributed by atoms with Gasteiger partial charge in [-0.15, -0.1) is 0 Å². The van der Waals surface area contributed by atoms with Gasteiger partial charge in [-0.3, -0.25) is 4.98 Å². The monoisotopic (exact) mass is 267 g/mol. The quantitative estimate of drug-likeness (QED) is 0.771. The summed E-state index contributed by atoms with van der Waals surface area (Å²) in [7, 11) is 0. The lowest BCUT2D eigenvalue weighted by Gasteiger charge is -2.21. The van der Waals surface area contributed by atoms with E-state index < -0.39 is 0 Å². The summed E-state index contributed by atoms with van der Waals surface area (Å²) in [5, 5.41) is 2.95. The van der Waals surface area contributed by atoms with Gasteiger partial charge < -0.3 is 10.2 Å². The second kappa shape index (κ2) is 8.80. The first-order chi connectivity index (χ1) is 8.77. The lowest BCUT2D eigenvalue weighted by Crippen LogP contribution is -2.39. The molecule has 1 heterocycles. The topological polar surface area (TPSA) is 45.2 Å². The zero-order valence-corrected chi connectivity index (χ0v) is 11.9. The number of amides is 2. The number of rotatable bonds is 7. The van der Waals surface area contributed by atoms with Gasteiger partial charge in [-0.05, 0) is 43.0 Å². The molecule has 1 aromatic rings. The Morgan fingerprint density at radius 2 is 2.17 bits per heavy atom. The number of thioether (sulfide) groups is 1. The van der Waals surface area contributed by atoms with Crippen molar-refractivity contribution in [3.63, 3.8) is 0 Å². The molecule has 0 bridgehead atoms. The van der Waals surface area contributed by atoms with Crippen molar-refractivity contribution >= 4 is 17.8 Å². The number of aromatic nitrogens is 1. The molecule has 0 aliphatic heterocycles. The maximum absolute atomic E-state index is 11.9. The molecule has 0 aliphatic rings. The molecule has 0 radical (unpaired) electrons. The van der Waals surface area contributed by atoms with Crippen LogP contribution in [-0.4, -0.2) is 41.0 Å². The molecular weight excluding hydrogens is 246 g/mol. The van der Waals surface area contributed by atoms with Crippen LogP contribution in [0.1, 0.15) is 18.9 Å². The Kier molecular flexibility index (Phi) is 7.25. The predicted octanol–water partition coefficient (Wildman–Crippen LogP) is 2.37. The van der Waals surface area contributed by atoms with Gasteiger partial charge in [0, 0.05) is 32.0 Å². The Bertz CT molecular complexity index is 345. The first-order valence-corrected chi connectivity index (χ1v) is 7.58. The molecule has 0 saturated carbocycles. The molecule has 5 heteroatoms. The van der Waals surface area contributed by atoms with E-state index >= 15 is 0 Å². The normalized spacial score (nSPS) is 10.1. The molecule has 18 heavy (non-hydrogen) atoms. The maximum Gasteiger partial charge on any atom is 0.317 e. The Labute approximate surface area is 113 Å². The number of hydrogen-bond acceptors (Lipinski definition) is 3. The van der Waals surface area contributed by atoms with Crippen molar-refractivity contribution < 1.29 is 4.79 Å². The average molecular weight is 267 g/mol. The number of carbonyl (C=O) groups excluding carboxylic acids is 1. The lowest BCUT2D eigenvalue weighted by atomic mass is 10.2. The van der Waals surface area contributed by atoms with Crippen LogP contribution in [0.15, 0.2) is 24.5 Å². The molecule has 0 aliphatic carbocycles. The molecule has 0 fully saturated rings. The minimum atomic E-state index is 0.00964. The van der Waals surface area contributed by atoms with Crippen LogP contribution < -0.4 is 5.32 Å². The van der Waals surface area contributed by atoms with Crippen molar-refractivity contribution in [2.75, 3.05) is 25.1 Å². The van der Waals surface area contributed by atoms with E-state index in [2.05, 4.69) is 16.6 Å². The highest BCUT2D eigenvalue weighted by molar-refractivity contribution is 7.98. The summed E-state index contributed by atoms with van der Waals surface area (Å²) in [6.07, 6.45) is 6.59. The number of nitrogens with zero attached hydrogens (tertiary/aromatic N) is 2. The second-order valence-electron chi connectivity index (χ2n) is 3.95. The highest BCUT2D eigenvalue weighted by Gasteiger charge is 2.10. The molecule has 100 valence electrons. The molecule has 0 spiro atoms. The van der Waals surface area contributed by atoms with Crippen molar-refractivity contribution in [3.8, 4) is 0 Å². The SMILES string of the molecule is CCN(Cc1ccncc1)C(=O)NCCCSC. The fourth-order valence-electron chi connectivity index (χ4n) is 1.56. The average Bonchev–Trinajstić information content (AvgIpc) is 2.42. The Hall–Kier alpha value is -1.23. The van der Waals surface area contributed by atoms with Crippen LogP contribution in [0.4, 0.5) is 4.79 Å². The van der Waals surface area contributed by atoms with E-state index in [9.17, 15) is 4.79 Å². The third-order valence-electron chi connectivity index (χ3n) is 2.59. The number of carbonyl (C=O) groups is 1. The Morgan fingerprint density at radius 1 is 1.44 bits per heavy atom. The van der Waals surface area contributed by atoms with Gasteiger partial charge >= 0.3 is 6.03 Å². The fraction of sp³-hybridized carbons (Fsp3) is 0.538. The molecule has 1 rings (SSSR count). The summed E-state index contributed by atoms with van der Waals surface area (Å²) in [6.45, 7) is 4.07. The van der Waals surface area contributed by atoms with Crippen LogP contribution in [0, 0.1) is 0 Å². The highest BCUT2D eigenvalue weighted by atomic mass is 32.2. The van der Waals surface area contributed by atoms with Crippen molar-refractivity contribution in [3.05, 3.63) is 30.1 Å². The van der Waals surface area contributed by atoms with Crippen LogP contribution in [-0.2, 0) is 6.54 Å². The number of hydrogen-bond donors (Lipinski definition) is 1. The molecule has 2 amide bonds. The van der Waals surface area contributed by atoms with E-state index in [0.29, 0.717) is 13.1 Å². The van der Waals surface area contributed by atoms with E-state index in [4.69, 9.17) is 0 Å². The number of urea groups is 1. The summed E-state index contributed by atoms with van der Waals surface area (Å²) < 4.78 is 0. The first-order valence-electron chi connectivity index (χ1n) is 6.18. The van der Waals surface area contributed by atoms with Gasteiger partial charge in [0.1, 0.15) is 0 Å². The zero-order valence-electron chi connectivity index (χ0n) is 11.1. The van der Waals surface area contributed by atoms with Crippen LogP contribution in [0.2, 0.25) is 0 Å². The highest BCUT2D eigenvalue weighted by Crippen LogP contribution is 2.03. The van der Waals surface area contributed by atoms with Gasteiger partial charge in [-0.1, -0.05) is 0 Å². The standard InChI is InChI=1S/C13H21N3OS/c1-3-16(11-12-5-8-14-9-6-12)13(17)15-7-4-10-18-2/h5-6,8-9H,3-4,7,10-11H2,1-2H3,(H,15,17). The Balaban J connectivity index is 2.38. The van der Waals surface area contributed by atoms with Crippen molar-refractivity contribution in [1.82, 2.24) is 15.2 Å². The van der Waals surface area contributed by atoms with Gasteiger partial charge in [0.25, 0.3) is 0 Å². The lowest BCUT2D eigenvalue weighted by molar-refractivity contribution is 0.198. The summed E-state index contributed by atoms with van der Waals surface area (Å²) in [5.74, 6) is 1.08. The smallest absolute Gasteiger partial charge is 0.317 e. The van der Waals surface area contributed by atoms with E-state index in [1.165, 1.54) is 0 Å². The summed E-state index contributed by atoms with van der Waals surface area (Å²) >= 11 is 1.80.